The number of fused-ring (bicyclic) bond motifs is 1. The molecule has 2 heterocycles. The Morgan fingerprint density at radius 1 is 1.38 bits per heavy atom. The lowest BCUT2D eigenvalue weighted by molar-refractivity contribution is 0.0905. The molecule has 0 bridgehead atoms. The van der Waals surface area contributed by atoms with Crippen molar-refractivity contribution in [1.82, 2.24) is 9.55 Å². The van der Waals surface area contributed by atoms with Gasteiger partial charge < -0.3 is 4.74 Å². The van der Waals surface area contributed by atoms with E-state index in [4.69, 9.17) is 4.74 Å². The van der Waals surface area contributed by atoms with Crippen molar-refractivity contribution < 1.29 is 9.53 Å². The van der Waals surface area contributed by atoms with Gasteiger partial charge in [-0.15, -0.1) is 0 Å². The maximum absolute atomic E-state index is 12.6. The summed E-state index contributed by atoms with van der Waals surface area (Å²) in [5.41, 5.74) is 0.904. The van der Waals surface area contributed by atoms with Crippen LogP contribution in [0, 0.1) is 0 Å². The van der Waals surface area contributed by atoms with Crippen LogP contribution in [0.4, 0.5) is 0 Å². The number of carbonyl (C=O) groups is 1. The second-order valence-electron chi connectivity index (χ2n) is 5.11. The monoisotopic (exact) mass is 284 g/mol. The molecule has 0 unspecified atom stereocenters. The third-order valence-electron chi connectivity index (χ3n) is 3.53. The molecule has 0 amide bonds. The Bertz CT molecular complexity index is 750. The molecule has 0 saturated carbocycles. The van der Waals surface area contributed by atoms with Gasteiger partial charge in [0.05, 0.1) is 5.56 Å². The van der Waals surface area contributed by atoms with Gasteiger partial charge in [-0.2, -0.15) is 4.98 Å². The largest absolute Gasteiger partial charge is 0.474 e. The van der Waals surface area contributed by atoms with E-state index in [1.54, 1.807) is 6.92 Å². The molecule has 0 N–H and O–H groups in total. The number of rotatable bonds is 2. The van der Waals surface area contributed by atoms with Crippen LogP contribution >= 0.6 is 0 Å². The topological polar surface area (TPSA) is 61.2 Å². The highest BCUT2D eigenvalue weighted by atomic mass is 16.5. The van der Waals surface area contributed by atoms with Crippen LogP contribution < -0.4 is 10.3 Å². The molecule has 5 heteroatoms. The van der Waals surface area contributed by atoms with Crippen molar-refractivity contribution in [1.29, 1.82) is 0 Å². The van der Waals surface area contributed by atoms with E-state index in [0.29, 0.717) is 23.7 Å². The second kappa shape index (κ2) is 5.16. The van der Waals surface area contributed by atoms with Crippen LogP contribution in [0.3, 0.4) is 0 Å². The van der Waals surface area contributed by atoms with Crippen molar-refractivity contribution in [3.8, 4) is 17.3 Å². The lowest BCUT2D eigenvalue weighted by Gasteiger charge is -2.11. The molecule has 2 aromatic rings. The fourth-order valence-corrected chi connectivity index (χ4v) is 2.50. The predicted octanol–water partition coefficient (Wildman–Crippen LogP) is 2.28. The van der Waals surface area contributed by atoms with Gasteiger partial charge in [-0.25, -0.2) is 4.57 Å². The Labute approximate surface area is 122 Å². The molecule has 3 rings (SSSR count). The molecule has 0 saturated heterocycles. The molecule has 21 heavy (non-hydrogen) atoms. The van der Waals surface area contributed by atoms with Crippen LogP contribution in [0.1, 0.15) is 30.6 Å². The van der Waals surface area contributed by atoms with Gasteiger partial charge in [-0.3, -0.25) is 9.59 Å². The molecule has 0 fully saturated rings. The number of hydrogen-bond donors (Lipinski definition) is 0. The van der Waals surface area contributed by atoms with E-state index < -0.39 is 0 Å². The third-order valence-corrected chi connectivity index (χ3v) is 3.53. The maximum atomic E-state index is 12.6. The van der Waals surface area contributed by atoms with Crippen molar-refractivity contribution >= 4 is 5.91 Å². The summed E-state index contributed by atoms with van der Waals surface area (Å²) in [5.74, 6) is 0.445. The Kier molecular flexibility index (Phi) is 3.33. The van der Waals surface area contributed by atoms with Gasteiger partial charge in [0, 0.05) is 18.4 Å². The van der Waals surface area contributed by atoms with Crippen LogP contribution in [0.15, 0.2) is 35.1 Å². The quantitative estimate of drug-likeness (QED) is 0.849. The van der Waals surface area contributed by atoms with E-state index >= 15 is 0 Å². The Balaban J connectivity index is 2.29. The zero-order valence-electron chi connectivity index (χ0n) is 12.0. The molecular formula is C16H16N2O3. The highest BCUT2D eigenvalue weighted by molar-refractivity contribution is 5.83. The van der Waals surface area contributed by atoms with Gasteiger partial charge in [0.2, 0.25) is 11.8 Å². The number of aromatic nitrogens is 2. The van der Waals surface area contributed by atoms with E-state index in [9.17, 15) is 9.59 Å². The van der Waals surface area contributed by atoms with Crippen molar-refractivity contribution in [2.75, 3.05) is 0 Å². The molecule has 0 aliphatic carbocycles. The zero-order valence-corrected chi connectivity index (χ0v) is 12.0. The van der Waals surface area contributed by atoms with E-state index in [1.807, 2.05) is 37.3 Å². The fourth-order valence-electron chi connectivity index (χ4n) is 2.50. The standard InChI is InChI=1S/C16H16N2O3/c1-3-13(19)18-14(11-7-5-4-6-8-11)17-15-12(16(18)20)9-10(2)21-15/h4-8,10H,3,9H2,1-2H3/t10-/m0/s1. The number of nitrogens with zero attached hydrogens (tertiary/aromatic N) is 2. The summed E-state index contributed by atoms with van der Waals surface area (Å²) < 4.78 is 6.76. The minimum absolute atomic E-state index is 0.0867. The first-order valence-electron chi connectivity index (χ1n) is 7.03. The molecular weight excluding hydrogens is 268 g/mol. The summed E-state index contributed by atoms with van der Waals surface area (Å²) in [6, 6.07) is 9.22. The van der Waals surface area contributed by atoms with Crippen LogP contribution in [-0.2, 0) is 6.42 Å². The minimum atomic E-state index is -0.310. The van der Waals surface area contributed by atoms with E-state index in [-0.39, 0.29) is 24.0 Å². The summed E-state index contributed by atoms with van der Waals surface area (Å²) in [5, 5.41) is 0. The number of carbonyl (C=O) groups excluding carboxylic acids is 1. The van der Waals surface area contributed by atoms with Gasteiger partial charge in [0.25, 0.3) is 5.56 Å². The predicted molar refractivity (Wildman–Crippen MR) is 78.6 cm³/mol. The highest BCUT2D eigenvalue weighted by Crippen LogP contribution is 2.27. The summed E-state index contributed by atoms with van der Waals surface area (Å²) in [6.07, 6.45) is 0.653. The normalized spacial score (nSPS) is 16.4. The SMILES string of the molecule is CCC(=O)n1c(-c2ccccc2)nc2c(c1=O)C[C@H](C)O2. The van der Waals surface area contributed by atoms with Gasteiger partial charge >= 0.3 is 0 Å². The van der Waals surface area contributed by atoms with Crippen molar-refractivity contribution in [2.45, 2.75) is 32.8 Å². The Morgan fingerprint density at radius 2 is 2.10 bits per heavy atom. The molecule has 0 spiro atoms. The molecule has 1 aliphatic heterocycles. The average molecular weight is 284 g/mol. The zero-order chi connectivity index (χ0) is 15.0. The van der Waals surface area contributed by atoms with Crippen molar-refractivity contribution in [3.63, 3.8) is 0 Å². The van der Waals surface area contributed by atoms with Crippen molar-refractivity contribution in [3.05, 3.63) is 46.2 Å². The summed E-state index contributed by atoms with van der Waals surface area (Å²) in [7, 11) is 0. The lowest BCUT2D eigenvalue weighted by Crippen LogP contribution is -2.30. The van der Waals surface area contributed by atoms with E-state index in [1.165, 1.54) is 4.57 Å². The van der Waals surface area contributed by atoms with Crippen LogP contribution in [0.25, 0.3) is 11.4 Å². The molecule has 108 valence electrons. The molecule has 0 radical (unpaired) electrons. The minimum Gasteiger partial charge on any atom is -0.474 e. The van der Waals surface area contributed by atoms with Crippen LogP contribution in [0.2, 0.25) is 0 Å². The Morgan fingerprint density at radius 3 is 2.76 bits per heavy atom. The van der Waals surface area contributed by atoms with Crippen LogP contribution in [-0.4, -0.2) is 21.6 Å². The van der Waals surface area contributed by atoms with Crippen molar-refractivity contribution in [2.24, 2.45) is 0 Å². The third kappa shape index (κ3) is 2.24. The second-order valence-corrected chi connectivity index (χ2v) is 5.11. The number of benzene rings is 1. The molecule has 1 aliphatic rings. The maximum Gasteiger partial charge on any atom is 0.267 e. The first-order valence-corrected chi connectivity index (χ1v) is 7.03. The smallest absolute Gasteiger partial charge is 0.267 e. The van der Waals surface area contributed by atoms with Gasteiger partial charge in [0.15, 0.2) is 5.82 Å². The van der Waals surface area contributed by atoms with Crippen LogP contribution in [0.5, 0.6) is 5.88 Å². The number of ether oxygens (including phenoxy) is 1. The number of hydrogen-bond acceptors (Lipinski definition) is 4. The lowest BCUT2D eigenvalue weighted by atomic mass is 10.1. The first-order chi connectivity index (χ1) is 10.1. The van der Waals surface area contributed by atoms with Gasteiger partial charge in [0.1, 0.15) is 6.10 Å². The summed E-state index contributed by atoms with van der Waals surface area (Å²) in [4.78, 5) is 29.2. The van der Waals surface area contributed by atoms with E-state index in [0.717, 1.165) is 5.56 Å². The molecule has 1 atom stereocenters. The molecule has 1 aromatic heterocycles. The van der Waals surface area contributed by atoms with Gasteiger partial charge in [-0.1, -0.05) is 37.3 Å². The average Bonchev–Trinajstić information content (AvgIpc) is 2.88. The summed E-state index contributed by atoms with van der Waals surface area (Å²) in [6.45, 7) is 3.62. The van der Waals surface area contributed by atoms with E-state index in [2.05, 4.69) is 4.98 Å². The fraction of sp³-hybridized carbons (Fsp3) is 0.312. The molecule has 1 aromatic carbocycles. The molecule has 5 nitrogen and oxygen atoms in total. The highest BCUT2D eigenvalue weighted by Gasteiger charge is 2.28. The first kappa shape index (κ1) is 13.5. The summed E-state index contributed by atoms with van der Waals surface area (Å²) >= 11 is 0. The van der Waals surface area contributed by atoms with Gasteiger partial charge in [-0.05, 0) is 6.92 Å². The Hall–Kier alpha value is -2.43.